The Morgan fingerprint density at radius 1 is 1.35 bits per heavy atom. The smallest absolute Gasteiger partial charge is 0.271 e. The van der Waals surface area contributed by atoms with Gasteiger partial charge in [0, 0.05) is 16.8 Å². The van der Waals surface area contributed by atoms with Crippen molar-refractivity contribution in [3.8, 4) is 18.1 Å². The first kappa shape index (κ1) is 19.3. The molecular weight excluding hydrogens is 354 g/mol. The summed E-state index contributed by atoms with van der Waals surface area (Å²) in [6, 6.07) is 9.47. The standard InChI is InChI=1S/C19H18ClN3O3/c1-3-19(2,23-18(26)15-6-4-5-9-21-15)12-22-17(25)10-13-7-8-14(20)11-16(13)24/h1,4-9,11,24H,10,12H2,2H3,(H,22,25)(H,23,26). The molecule has 2 rings (SSSR count). The van der Waals surface area contributed by atoms with Crippen LogP contribution in [0.5, 0.6) is 5.75 Å². The number of carbonyl (C=O) groups excluding carboxylic acids is 2. The second-order valence-electron chi connectivity index (χ2n) is 5.87. The van der Waals surface area contributed by atoms with Crippen LogP contribution in [-0.4, -0.2) is 34.0 Å². The van der Waals surface area contributed by atoms with Crippen molar-refractivity contribution < 1.29 is 14.7 Å². The number of aromatic hydroxyl groups is 1. The summed E-state index contributed by atoms with van der Waals surface area (Å²) in [6.45, 7) is 1.64. The van der Waals surface area contributed by atoms with E-state index >= 15 is 0 Å². The van der Waals surface area contributed by atoms with Gasteiger partial charge in [0.1, 0.15) is 17.0 Å². The van der Waals surface area contributed by atoms with E-state index in [1.807, 2.05) is 0 Å². The van der Waals surface area contributed by atoms with E-state index in [-0.39, 0.29) is 30.3 Å². The lowest BCUT2D eigenvalue weighted by Gasteiger charge is -2.25. The third kappa shape index (κ3) is 5.23. The first-order valence-electron chi connectivity index (χ1n) is 7.78. The zero-order valence-electron chi connectivity index (χ0n) is 14.1. The van der Waals surface area contributed by atoms with Crippen molar-refractivity contribution in [2.75, 3.05) is 6.54 Å². The number of amides is 2. The normalized spacial score (nSPS) is 12.5. The molecule has 134 valence electrons. The van der Waals surface area contributed by atoms with Crippen molar-refractivity contribution in [1.82, 2.24) is 15.6 Å². The predicted octanol–water partition coefficient (Wildman–Crippen LogP) is 1.92. The van der Waals surface area contributed by atoms with Gasteiger partial charge in [-0.3, -0.25) is 14.6 Å². The molecule has 1 atom stereocenters. The highest BCUT2D eigenvalue weighted by Gasteiger charge is 2.25. The molecule has 26 heavy (non-hydrogen) atoms. The monoisotopic (exact) mass is 371 g/mol. The number of pyridine rings is 1. The molecule has 0 bridgehead atoms. The van der Waals surface area contributed by atoms with E-state index in [1.54, 1.807) is 37.3 Å². The van der Waals surface area contributed by atoms with Gasteiger partial charge in [0.2, 0.25) is 5.91 Å². The van der Waals surface area contributed by atoms with E-state index in [4.69, 9.17) is 18.0 Å². The van der Waals surface area contributed by atoms with Crippen molar-refractivity contribution in [3.05, 3.63) is 58.9 Å². The second kappa shape index (κ2) is 8.37. The molecule has 1 unspecified atom stereocenters. The largest absolute Gasteiger partial charge is 0.508 e. The maximum absolute atomic E-state index is 12.2. The van der Waals surface area contributed by atoms with Crippen molar-refractivity contribution in [2.45, 2.75) is 18.9 Å². The summed E-state index contributed by atoms with van der Waals surface area (Å²) in [6.07, 6.45) is 6.98. The minimum absolute atomic E-state index is 0.0231. The maximum Gasteiger partial charge on any atom is 0.271 e. The van der Waals surface area contributed by atoms with Crippen LogP contribution in [0.4, 0.5) is 0 Å². The number of phenols is 1. The van der Waals surface area contributed by atoms with Crippen LogP contribution < -0.4 is 10.6 Å². The lowest BCUT2D eigenvalue weighted by molar-refractivity contribution is -0.120. The van der Waals surface area contributed by atoms with Crippen LogP contribution in [0.1, 0.15) is 23.0 Å². The van der Waals surface area contributed by atoms with Crippen molar-refractivity contribution >= 4 is 23.4 Å². The Labute approximate surface area is 156 Å². The molecule has 1 aromatic carbocycles. The number of nitrogens with zero attached hydrogens (tertiary/aromatic N) is 1. The van der Waals surface area contributed by atoms with Gasteiger partial charge in [-0.1, -0.05) is 29.7 Å². The number of phenolic OH excluding ortho intramolecular Hbond substituents is 1. The Balaban J connectivity index is 1.95. The van der Waals surface area contributed by atoms with Gasteiger partial charge < -0.3 is 15.7 Å². The summed E-state index contributed by atoms with van der Waals surface area (Å²) in [4.78, 5) is 28.3. The van der Waals surface area contributed by atoms with Crippen LogP contribution in [0.15, 0.2) is 42.6 Å². The highest BCUT2D eigenvalue weighted by molar-refractivity contribution is 6.30. The molecule has 1 heterocycles. The lowest BCUT2D eigenvalue weighted by atomic mass is 10.0. The van der Waals surface area contributed by atoms with Gasteiger partial charge in [-0.15, -0.1) is 6.42 Å². The highest BCUT2D eigenvalue weighted by atomic mass is 35.5. The zero-order valence-corrected chi connectivity index (χ0v) is 14.9. The van der Waals surface area contributed by atoms with Crippen LogP contribution in [-0.2, 0) is 11.2 Å². The molecule has 3 N–H and O–H groups in total. The Hall–Kier alpha value is -3.04. The average molecular weight is 372 g/mol. The summed E-state index contributed by atoms with van der Waals surface area (Å²) in [5.41, 5.74) is -0.426. The Morgan fingerprint density at radius 3 is 2.73 bits per heavy atom. The van der Waals surface area contributed by atoms with Crippen LogP contribution >= 0.6 is 11.6 Å². The number of halogens is 1. The summed E-state index contributed by atoms with van der Waals surface area (Å²) in [5, 5.41) is 15.5. The minimum atomic E-state index is -1.09. The number of terminal acetylenes is 1. The van der Waals surface area contributed by atoms with E-state index in [0.717, 1.165) is 0 Å². The molecule has 0 fully saturated rings. The fraction of sp³-hybridized carbons (Fsp3) is 0.211. The molecule has 2 amide bonds. The number of rotatable bonds is 6. The molecule has 1 aromatic heterocycles. The number of hydrogen-bond acceptors (Lipinski definition) is 4. The number of benzene rings is 1. The Kier molecular flexibility index (Phi) is 6.21. The topological polar surface area (TPSA) is 91.3 Å². The number of hydrogen-bond donors (Lipinski definition) is 3. The van der Waals surface area contributed by atoms with Gasteiger partial charge in [0.25, 0.3) is 5.91 Å². The molecule has 7 heteroatoms. The zero-order chi connectivity index (χ0) is 19.2. The third-order valence-corrected chi connectivity index (χ3v) is 3.88. The molecule has 0 aliphatic rings. The molecule has 0 aliphatic heterocycles. The summed E-state index contributed by atoms with van der Waals surface area (Å²) in [5.74, 6) is 1.63. The van der Waals surface area contributed by atoms with Gasteiger partial charge in [0.05, 0.1) is 13.0 Å². The molecule has 0 saturated carbocycles. The minimum Gasteiger partial charge on any atom is -0.508 e. The molecule has 0 spiro atoms. The van der Waals surface area contributed by atoms with Crippen molar-refractivity contribution in [2.24, 2.45) is 0 Å². The van der Waals surface area contributed by atoms with E-state index in [0.29, 0.717) is 10.6 Å². The van der Waals surface area contributed by atoms with E-state index in [9.17, 15) is 14.7 Å². The first-order chi connectivity index (χ1) is 12.3. The van der Waals surface area contributed by atoms with Gasteiger partial charge in [-0.05, 0) is 31.2 Å². The molecule has 0 aliphatic carbocycles. The van der Waals surface area contributed by atoms with Crippen LogP contribution in [0.3, 0.4) is 0 Å². The SMILES string of the molecule is C#CC(C)(CNC(=O)Cc1ccc(Cl)cc1O)NC(=O)c1ccccn1. The first-order valence-corrected chi connectivity index (χ1v) is 8.16. The fourth-order valence-corrected chi connectivity index (χ4v) is 2.31. The van der Waals surface area contributed by atoms with Gasteiger partial charge in [0.15, 0.2) is 0 Å². The molecule has 0 saturated heterocycles. The Bertz CT molecular complexity index is 849. The van der Waals surface area contributed by atoms with Crippen LogP contribution in [0.2, 0.25) is 5.02 Å². The number of nitrogens with one attached hydrogen (secondary N) is 2. The Morgan fingerprint density at radius 2 is 2.12 bits per heavy atom. The van der Waals surface area contributed by atoms with Crippen LogP contribution in [0.25, 0.3) is 0 Å². The van der Waals surface area contributed by atoms with Gasteiger partial charge in [-0.2, -0.15) is 0 Å². The molecule has 2 aromatic rings. The summed E-state index contributed by atoms with van der Waals surface area (Å²) < 4.78 is 0. The van der Waals surface area contributed by atoms with Crippen molar-refractivity contribution in [3.63, 3.8) is 0 Å². The number of aromatic nitrogens is 1. The van der Waals surface area contributed by atoms with Crippen LogP contribution in [0, 0.1) is 12.3 Å². The molecule has 0 radical (unpaired) electrons. The summed E-state index contributed by atoms with van der Waals surface area (Å²) in [7, 11) is 0. The summed E-state index contributed by atoms with van der Waals surface area (Å²) >= 11 is 5.76. The average Bonchev–Trinajstić information content (AvgIpc) is 2.63. The van der Waals surface area contributed by atoms with Gasteiger partial charge in [-0.25, -0.2) is 0 Å². The second-order valence-corrected chi connectivity index (χ2v) is 6.31. The van der Waals surface area contributed by atoms with E-state index in [1.165, 1.54) is 12.3 Å². The molecular formula is C19H18ClN3O3. The van der Waals surface area contributed by atoms with E-state index in [2.05, 4.69) is 21.5 Å². The lowest BCUT2D eigenvalue weighted by Crippen LogP contribution is -2.53. The third-order valence-electron chi connectivity index (χ3n) is 3.64. The van der Waals surface area contributed by atoms with Gasteiger partial charge >= 0.3 is 0 Å². The fourth-order valence-electron chi connectivity index (χ4n) is 2.14. The quantitative estimate of drug-likeness (QED) is 0.676. The van der Waals surface area contributed by atoms with E-state index < -0.39 is 11.4 Å². The van der Waals surface area contributed by atoms with Crippen molar-refractivity contribution in [1.29, 1.82) is 0 Å². The highest BCUT2D eigenvalue weighted by Crippen LogP contribution is 2.22. The molecule has 6 nitrogen and oxygen atoms in total. The number of carbonyl (C=O) groups is 2. The predicted molar refractivity (Wildman–Crippen MR) is 98.8 cm³/mol. The maximum atomic E-state index is 12.2.